The molecule has 0 saturated carbocycles. The fourth-order valence-corrected chi connectivity index (χ4v) is 2.60. The fourth-order valence-electron chi connectivity index (χ4n) is 2.60. The summed E-state index contributed by atoms with van der Waals surface area (Å²) >= 11 is 0. The van der Waals surface area contributed by atoms with Crippen LogP contribution in [0.1, 0.15) is 38.2 Å². The number of rotatable bonds is 14. The van der Waals surface area contributed by atoms with Crippen LogP contribution >= 0.6 is 0 Å². The molecule has 0 aliphatic heterocycles. The van der Waals surface area contributed by atoms with E-state index in [4.69, 9.17) is 0 Å². The number of benzene rings is 1. The van der Waals surface area contributed by atoms with Gasteiger partial charge in [0.15, 0.2) is 0 Å². The number of hydrogen-bond acceptors (Lipinski definition) is 4. The first kappa shape index (κ1) is 23.1. The maximum Gasteiger partial charge on any atom is 0.239 e. The summed E-state index contributed by atoms with van der Waals surface area (Å²) in [5.41, 5.74) is 1.13. The minimum atomic E-state index is -0.408. The van der Waals surface area contributed by atoms with Crippen LogP contribution in [0.3, 0.4) is 0 Å². The number of carbonyl (C=O) groups excluding carboxylic acids is 4. The lowest BCUT2D eigenvalue weighted by atomic mass is 10.1. The third-order valence-electron chi connectivity index (χ3n) is 3.99. The molecule has 154 valence electrons. The van der Waals surface area contributed by atoms with E-state index in [2.05, 4.69) is 21.3 Å². The maximum absolute atomic E-state index is 11.9. The number of nitrogens with one attached hydrogen (secondary N) is 4. The molecule has 1 atom stereocenters. The Bertz CT molecular complexity index is 622. The molecular formula is C20H30N4O4. The summed E-state index contributed by atoms with van der Waals surface area (Å²) in [6.07, 6.45) is 4.00. The summed E-state index contributed by atoms with van der Waals surface area (Å²) in [5, 5.41) is 10.4. The molecule has 28 heavy (non-hydrogen) atoms. The molecule has 8 heteroatoms. The van der Waals surface area contributed by atoms with Crippen LogP contribution in [0.15, 0.2) is 30.3 Å². The lowest BCUT2D eigenvalue weighted by molar-refractivity contribution is -0.127. The van der Waals surface area contributed by atoms with Gasteiger partial charge in [-0.1, -0.05) is 36.8 Å². The van der Waals surface area contributed by atoms with Crippen molar-refractivity contribution in [2.45, 2.75) is 45.1 Å². The van der Waals surface area contributed by atoms with Crippen molar-refractivity contribution in [3.63, 3.8) is 0 Å². The van der Waals surface area contributed by atoms with Gasteiger partial charge in [-0.15, -0.1) is 0 Å². The van der Waals surface area contributed by atoms with Crippen LogP contribution in [0.5, 0.6) is 0 Å². The van der Waals surface area contributed by atoms with Crippen LogP contribution in [-0.4, -0.2) is 49.8 Å². The van der Waals surface area contributed by atoms with Crippen LogP contribution in [-0.2, 0) is 25.6 Å². The number of unbranched alkanes of at least 4 members (excludes halogenated alkanes) is 2. The van der Waals surface area contributed by atoms with E-state index in [1.807, 2.05) is 37.3 Å². The molecule has 1 unspecified atom stereocenters. The van der Waals surface area contributed by atoms with Gasteiger partial charge in [0.25, 0.3) is 0 Å². The smallest absolute Gasteiger partial charge is 0.239 e. The Balaban J connectivity index is 2.09. The molecule has 0 aromatic heterocycles. The van der Waals surface area contributed by atoms with Gasteiger partial charge in [-0.3, -0.25) is 19.2 Å². The predicted molar refractivity (Wildman–Crippen MR) is 106 cm³/mol. The highest BCUT2D eigenvalue weighted by atomic mass is 16.2. The van der Waals surface area contributed by atoms with E-state index in [-0.39, 0.29) is 30.9 Å². The zero-order valence-electron chi connectivity index (χ0n) is 16.3. The van der Waals surface area contributed by atoms with Crippen molar-refractivity contribution in [2.24, 2.45) is 0 Å². The highest BCUT2D eigenvalue weighted by Crippen LogP contribution is 2.02. The fraction of sp³-hybridized carbons (Fsp3) is 0.500. The molecule has 0 fully saturated rings. The van der Waals surface area contributed by atoms with Gasteiger partial charge >= 0.3 is 0 Å². The molecule has 0 heterocycles. The predicted octanol–water partition coefficient (Wildman–Crippen LogP) is 0.273. The van der Waals surface area contributed by atoms with Gasteiger partial charge in [-0.25, -0.2) is 0 Å². The molecule has 0 aliphatic rings. The van der Waals surface area contributed by atoms with E-state index in [9.17, 15) is 19.2 Å². The second-order valence-corrected chi connectivity index (χ2v) is 6.59. The van der Waals surface area contributed by atoms with Crippen molar-refractivity contribution < 1.29 is 19.2 Å². The molecule has 0 spiro atoms. The van der Waals surface area contributed by atoms with Crippen molar-refractivity contribution in [1.82, 2.24) is 21.3 Å². The summed E-state index contributed by atoms with van der Waals surface area (Å²) in [6, 6.07) is 9.78. The van der Waals surface area contributed by atoms with Crippen LogP contribution < -0.4 is 21.3 Å². The summed E-state index contributed by atoms with van der Waals surface area (Å²) in [4.78, 5) is 45.4. The number of hydrogen-bond donors (Lipinski definition) is 4. The number of amides is 4. The highest BCUT2D eigenvalue weighted by Gasteiger charge is 2.10. The van der Waals surface area contributed by atoms with Crippen molar-refractivity contribution in [2.75, 3.05) is 19.6 Å². The lowest BCUT2D eigenvalue weighted by Crippen LogP contribution is -2.44. The topological polar surface area (TPSA) is 116 Å². The first-order valence-electron chi connectivity index (χ1n) is 9.55. The lowest BCUT2D eigenvalue weighted by Gasteiger charge is -2.14. The molecule has 0 bridgehead atoms. The van der Waals surface area contributed by atoms with E-state index in [0.29, 0.717) is 32.2 Å². The maximum atomic E-state index is 11.9. The molecule has 1 aromatic carbocycles. The van der Waals surface area contributed by atoms with Gasteiger partial charge in [0, 0.05) is 19.0 Å². The van der Waals surface area contributed by atoms with Crippen LogP contribution in [0, 0.1) is 0 Å². The minimum absolute atomic E-state index is 0.0479. The highest BCUT2D eigenvalue weighted by molar-refractivity contribution is 5.88. The van der Waals surface area contributed by atoms with E-state index in [1.165, 1.54) is 0 Å². The van der Waals surface area contributed by atoms with Crippen LogP contribution in [0.2, 0.25) is 0 Å². The standard InChI is InChI=1S/C20H30N4O4/c1-16(12-17-8-4-2-5-9-17)24-20(28)14-23-19(27)13-22-18(26)10-6-3-7-11-21-15-25/h2,4-5,8-9,15-16H,3,6-7,10-14H2,1H3,(H,21,25)(H,22,26)(H,23,27)(H,24,28). The van der Waals surface area contributed by atoms with Gasteiger partial charge < -0.3 is 21.3 Å². The second-order valence-electron chi connectivity index (χ2n) is 6.59. The second kappa shape index (κ2) is 14.2. The largest absolute Gasteiger partial charge is 0.359 e. The van der Waals surface area contributed by atoms with E-state index in [1.54, 1.807) is 0 Å². The Morgan fingerprint density at radius 1 is 0.929 bits per heavy atom. The van der Waals surface area contributed by atoms with E-state index >= 15 is 0 Å². The molecule has 0 radical (unpaired) electrons. The molecule has 0 aliphatic carbocycles. The minimum Gasteiger partial charge on any atom is -0.359 e. The zero-order chi connectivity index (χ0) is 20.6. The molecule has 4 amide bonds. The summed E-state index contributed by atoms with van der Waals surface area (Å²) in [7, 11) is 0. The summed E-state index contributed by atoms with van der Waals surface area (Å²) in [5.74, 6) is -0.888. The van der Waals surface area contributed by atoms with Gasteiger partial charge in [0.1, 0.15) is 0 Å². The monoisotopic (exact) mass is 390 g/mol. The molecule has 1 rings (SSSR count). The molecule has 0 saturated heterocycles. The first-order valence-corrected chi connectivity index (χ1v) is 9.55. The Hall–Kier alpha value is -2.90. The SMILES string of the molecule is CC(Cc1ccccc1)NC(=O)CNC(=O)CNC(=O)CCCCCNC=O. The third kappa shape index (κ3) is 11.7. The quantitative estimate of drug-likeness (QED) is 0.270. The Morgan fingerprint density at radius 3 is 2.32 bits per heavy atom. The van der Waals surface area contributed by atoms with Crippen LogP contribution in [0.4, 0.5) is 0 Å². The van der Waals surface area contributed by atoms with Gasteiger partial charge in [0.05, 0.1) is 13.1 Å². The zero-order valence-corrected chi connectivity index (χ0v) is 16.3. The molecule has 8 nitrogen and oxygen atoms in total. The molecule has 4 N–H and O–H groups in total. The average Bonchev–Trinajstić information content (AvgIpc) is 2.68. The van der Waals surface area contributed by atoms with Crippen LogP contribution in [0.25, 0.3) is 0 Å². The van der Waals surface area contributed by atoms with Gasteiger partial charge in [-0.2, -0.15) is 0 Å². The Labute approximate surface area is 165 Å². The van der Waals surface area contributed by atoms with Crippen molar-refractivity contribution in [3.8, 4) is 0 Å². The van der Waals surface area contributed by atoms with Crippen molar-refractivity contribution >= 4 is 24.1 Å². The van der Waals surface area contributed by atoms with Gasteiger partial charge in [-0.05, 0) is 31.7 Å². The van der Waals surface area contributed by atoms with Gasteiger partial charge in [0.2, 0.25) is 24.1 Å². The molecular weight excluding hydrogens is 360 g/mol. The number of carbonyl (C=O) groups is 4. The van der Waals surface area contributed by atoms with Crippen molar-refractivity contribution in [3.05, 3.63) is 35.9 Å². The van der Waals surface area contributed by atoms with E-state index in [0.717, 1.165) is 18.4 Å². The summed E-state index contributed by atoms with van der Waals surface area (Å²) < 4.78 is 0. The normalized spacial score (nSPS) is 11.2. The third-order valence-corrected chi connectivity index (χ3v) is 3.99. The first-order chi connectivity index (χ1) is 13.5. The summed E-state index contributed by atoms with van der Waals surface area (Å²) in [6.45, 7) is 2.22. The average molecular weight is 390 g/mol. The Morgan fingerprint density at radius 2 is 1.61 bits per heavy atom. The molecule has 1 aromatic rings. The Kier molecular flexibility index (Phi) is 11.7. The van der Waals surface area contributed by atoms with Crippen molar-refractivity contribution in [1.29, 1.82) is 0 Å². The van der Waals surface area contributed by atoms with E-state index < -0.39 is 5.91 Å².